The number of anilines is 2. The van der Waals surface area contributed by atoms with Crippen LogP contribution in [-0.4, -0.2) is 6.54 Å². The second kappa shape index (κ2) is 3.94. The Bertz CT molecular complexity index is 262. The second-order valence-electron chi connectivity index (χ2n) is 2.56. The summed E-state index contributed by atoms with van der Waals surface area (Å²) in [5, 5.41) is 10.3. The average molecular weight is 166 g/mol. The third kappa shape index (κ3) is 1.87. The third-order valence-corrected chi connectivity index (χ3v) is 1.66. The van der Waals surface area contributed by atoms with Crippen LogP contribution in [0.25, 0.3) is 0 Å². The quantitative estimate of drug-likeness (QED) is 0.455. The summed E-state index contributed by atoms with van der Waals surface area (Å²) in [5.74, 6) is 0. The summed E-state index contributed by atoms with van der Waals surface area (Å²) in [4.78, 5) is 0. The highest BCUT2D eigenvalue weighted by Crippen LogP contribution is 2.19. The second-order valence-corrected chi connectivity index (χ2v) is 2.56. The number of nitrogens with one attached hydrogen (secondary N) is 1. The van der Waals surface area contributed by atoms with Crippen molar-refractivity contribution in [3.63, 3.8) is 0 Å². The largest absolute Gasteiger partial charge is 0.761 e. The molecule has 1 aromatic rings. The molecule has 0 aliphatic rings. The average Bonchev–Trinajstić information content (AvgIpc) is 2.09. The molecule has 0 fully saturated rings. The molecule has 0 saturated heterocycles. The maximum absolute atomic E-state index is 10.3. The van der Waals surface area contributed by atoms with E-state index in [1.807, 2.05) is 6.07 Å². The first kappa shape index (κ1) is 8.83. The molecule has 5 N–H and O–H groups in total. The van der Waals surface area contributed by atoms with E-state index in [2.05, 4.69) is 0 Å². The van der Waals surface area contributed by atoms with E-state index in [1.54, 1.807) is 17.6 Å². The van der Waals surface area contributed by atoms with Gasteiger partial charge in [0.05, 0.1) is 5.69 Å². The highest BCUT2D eigenvalue weighted by Gasteiger charge is 1.96. The standard InChI is InChI=1S/C8H12N3O/c9-4-3-6-1-2-7(10)8(5-6)11-12/h1-2,5,11H,3-4,9-10H2/q-1. The fraction of sp³-hybridized carbons (Fsp3) is 0.250. The molecular formula is C8H12N3O-. The number of benzene rings is 1. The van der Waals surface area contributed by atoms with Gasteiger partial charge in [0.15, 0.2) is 0 Å². The van der Waals surface area contributed by atoms with Gasteiger partial charge >= 0.3 is 0 Å². The highest BCUT2D eigenvalue weighted by atomic mass is 16.5. The van der Waals surface area contributed by atoms with Gasteiger partial charge in [-0.2, -0.15) is 0 Å². The molecule has 0 bridgehead atoms. The van der Waals surface area contributed by atoms with Gasteiger partial charge in [-0.05, 0) is 30.7 Å². The molecule has 1 rings (SSSR count). The number of hydrogen-bond acceptors (Lipinski definition) is 4. The Morgan fingerprint density at radius 1 is 1.42 bits per heavy atom. The summed E-state index contributed by atoms with van der Waals surface area (Å²) in [6.45, 7) is 0.572. The first-order valence-corrected chi connectivity index (χ1v) is 3.74. The van der Waals surface area contributed by atoms with Gasteiger partial charge in [0, 0.05) is 5.69 Å². The number of hydrogen-bond donors (Lipinski definition) is 3. The van der Waals surface area contributed by atoms with Crippen LogP contribution in [0, 0.1) is 5.21 Å². The molecule has 0 unspecified atom stereocenters. The van der Waals surface area contributed by atoms with Gasteiger partial charge in [0.25, 0.3) is 0 Å². The van der Waals surface area contributed by atoms with E-state index >= 15 is 0 Å². The molecule has 66 valence electrons. The Morgan fingerprint density at radius 3 is 2.75 bits per heavy atom. The van der Waals surface area contributed by atoms with Crippen molar-refractivity contribution in [2.75, 3.05) is 17.8 Å². The molecule has 0 heterocycles. The molecule has 0 aliphatic carbocycles. The molecule has 0 aromatic heterocycles. The Hall–Kier alpha value is -1.26. The summed E-state index contributed by atoms with van der Waals surface area (Å²) in [7, 11) is 0. The van der Waals surface area contributed by atoms with Crippen molar-refractivity contribution < 1.29 is 0 Å². The highest BCUT2D eigenvalue weighted by molar-refractivity contribution is 5.67. The van der Waals surface area contributed by atoms with Crippen LogP contribution >= 0.6 is 0 Å². The lowest BCUT2D eigenvalue weighted by molar-refractivity contribution is 0.969. The van der Waals surface area contributed by atoms with Crippen molar-refractivity contribution in [1.82, 2.24) is 0 Å². The maximum atomic E-state index is 10.3. The van der Waals surface area contributed by atoms with Crippen LogP contribution in [0.3, 0.4) is 0 Å². The van der Waals surface area contributed by atoms with Gasteiger partial charge in [-0.25, -0.2) is 0 Å². The minimum atomic E-state index is 0.418. The maximum Gasteiger partial charge on any atom is 0.0542 e. The zero-order valence-corrected chi connectivity index (χ0v) is 6.71. The fourth-order valence-corrected chi connectivity index (χ4v) is 1.01. The Kier molecular flexibility index (Phi) is 2.90. The SMILES string of the molecule is NCCc1ccc(N)c(N[O-])c1. The van der Waals surface area contributed by atoms with Crippen LogP contribution < -0.4 is 16.9 Å². The molecule has 12 heavy (non-hydrogen) atoms. The molecular weight excluding hydrogens is 154 g/mol. The smallest absolute Gasteiger partial charge is 0.0542 e. The minimum Gasteiger partial charge on any atom is -0.761 e. The van der Waals surface area contributed by atoms with E-state index in [0.29, 0.717) is 17.9 Å². The summed E-state index contributed by atoms with van der Waals surface area (Å²) in [5.41, 5.74) is 14.5. The van der Waals surface area contributed by atoms with Crippen molar-refractivity contribution in [1.29, 1.82) is 0 Å². The van der Waals surface area contributed by atoms with E-state index in [4.69, 9.17) is 11.5 Å². The monoisotopic (exact) mass is 166 g/mol. The predicted molar refractivity (Wildman–Crippen MR) is 50.6 cm³/mol. The van der Waals surface area contributed by atoms with Crippen LogP contribution in [0.2, 0.25) is 0 Å². The Labute approximate surface area is 71.1 Å². The normalized spacial score (nSPS) is 9.83. The molecule has 0 atom stereocenters. The Morgan fingerprint density at radius 2 is 2.17 bits per heavy atom. The molecule has 0 aliphatic heterocycles. The van der Waals surface area contributed by atoms with Gasteiger partial charge in [-0.3, -0.25) is 0 Å². The first-order valence-electron chi connectivity index (χ1n) is 3.74. The van der Waals surface area contributed by atoms with Crippen molar-refractivity contribution in [3.8, 4) is 0 Å². The van der Waals surface area contributed by atoms with E-state index in [1.165, 1.54) is 0 Å². The van der Waals surface area contributed by atoms with E-state index in [0.717, 1.165) is 12.0 Å². The van der Waals surface area contributed by atoms with Gasteiger partial charge in [0.1, 0.15) is 0 Å². The van der Waals surface area contributed by atoms with Crippen molar-refractivity contribution >= 4 is 11.4 Å². The summed E-state index contributed by atoms with van der Waals surface area (Å²) >= 11 is 0. The fourth-order valence-electron chi connectivity index (χ4n) is 1.01. The number of nitrogens with two attached hydrogens (primary N) is 2. The van der Waals surface area contributed by atoms with Gasteiger partial charge < -0.3 is 22.2 Å². The van der Waals surface area contributed by atoms with Gasteiger partial charge in [-0.15, -0.1) is 0 Å². The zero-order valence-electron chi connectivity index (χ0n) is 6.71. The molecule has 0 amide bonds. The minimum absolute atomic E-state index is 0.418. The summed E-state index contributed by atoms with van der Waals surface area (Å²) in [6, 6.07) is 5.28. The van der Waals surface area contributed by atoms with E-state index < -0.39 is 0 Å². The molecule has 4 nitrogen and oxygen atoms in total. The van der Waals surface area contributed by atoms with Crippen molar-refractivity contribution in [3.05, 3.63) is 29.0 Å². The van der Waals surface area contributed by atoms with Crippen molar-refractivity contribution in [2.45, 2.75) is 6.42 Å². The molecule has 0 radical (unpaired) electrons. The molecule has 1 aromatic carbocycles. The lowest BCUT2D eigenvalue weighted by atomic mass is 10.1. The molecule has 4 heteroatoms. The number of nitrogen functional groups attached to an aromatic ring is 1. The molecule has 0 saturated carbocycles. The van der Waals surface area contributed by atoms with Gasteiger partial charge in [0.2, 0.25) is 0 Å². The summed E-state index contributed by atoms with van der Waals surface area (Å²) in [6.07, 6.45) is 0.759. The van der Waals surface area contributed by atoms with E-state index in [9.17, 15) is 5.21 Å². The van der Waals surface area contributed by atoms with Crippen LogP contribution in [0.5, 0.6) is 0 Å². The van der Waals surface area contributed by atoms with Crippen molar-refractivity contribution in [2.24, 2.45) is 5.73 Å². The summed E-state index contributed by atoms with van der Waals surface area (Å²) < 4.78 is 0. The van der Waals surface area contributed by atoms with E-state index in [-0.39, 0.29) is 0 Å². The van der Waals surface area contributed by atoms with Crippen LogP contribution in [0.1, 0.15) is 5.56 Å². The van der Waals surface area contributed by atoms with Crippen LogP contribution in [0.4, 0.5) is 11.4 Å². The lowest BCUT2D eigenvalue weighted by Gasteiger charge is -2.13. The van der Waals surface area contributed by atoms with Crippen LogP contribution in [-0.2, 0) is 6.42 Å². The topological polar surface area (TPSA) is 87.1 Å². The van der Waals surface area contributed by atoms with Gasteiger partial charge in [-0.1, -0.05) is 6.07 Å². The number of rotatable bonds is 3. The first-order chi connectivity index (χ1) is 5.77. The lowest BCUT2D eigenvalue weighted by Crippen LogP contribution is -2.03. The molecule has 0 spiro atoms. The zero-order chi connectivity index (χ0) is 8.97. The third-order valence-electron chi connectivity index (χ3n) is 1.66. The van der Waals surface area contributed by atoms with Crippen LogP contribution in [0.15, 0.2) is 18.2 Å². The predicted octanol–water partition coefficient (Wildman–Crippen LogP) is 0.680. The Balaban J connectivity index is 2.89.